The molecule has 35 heavy (non-hydrogen) atoms. The number of aliphatic hydroxyl groups excluding tert-OH is 1. The SMILES string of the molecule is CCN(c1ccccc1)S(=O)(=O)c1ccc2c(c1)[C@@H](c1ncccc1CC(N)=O)[C@H](O)C(C)(C)O2. The molecule has 1 aliphatic rings. The number of pyridine rings is 1. The van der Waals surface area contributed by atoms with E-state index in [-0.39, 0.29) is 17.9 Å². The zero-order chi connectivity index (χ0) is 25.4. The number of carbonyl (C=O) groups is 1. The predicted molar refractivity (Wildman–Crippen MR) is 133 cm³/mol. The minimum atomic E-state index is -3.92. The molecule has 0 saturated carbocycles. The summed E-state index contributed by atoms with van der Waals surface area (Å²) in [5, 5.41) is 11.3. The molecule has 9 heteroatoms. The summed E-state index contributed by atoms with van der Waals surface area (Å²) in [4.78, 5) is 16.3. The van der Waals surface area contributed by atoms with E-state index in [1.165, 1.54) is 16.4 Å². The number of sulfonamides is 1. The molecule has 0 bridgehead atoms. The fourth-order valence-corrected chi connectivity index (χ4v) is 6.03. The lowest BCUT2D eigenvalue weighted by Crippen LogP contribution is -2.49. The zero-order valence-electron chi connectivity index (χ0n) is 19.9. The van der Waals surface area contributed by atoms with Crippen molar-refractivity contribution in [1.29, 1.82) is 0 Å². The maximum atomic E-state index is 13.7. The molecule has 2 heterocycles. The van der Waals surface area contributed by atoms with Crippen LogP contribution in [0.3, 0.4) is 0 Å². The van der Waals surface area contributed by atoms with Crippen LogP contribution >= 0.6 is 0 Å². The van der Waals surface area contributed by atoms with Crippen LogP contribution in [0.25, 0.3) is 0 Å². The van der Waals surface area contributed by atoms with Crippen molar-refractivity contribution in [2.75, 3.05) is 10.8 Å². The number of nitrogens with two attached hydrogens (primary N) is 1. The van der Waals surface area contributed by atoms with Crippen molar-refractivity contribution in [3.63, 3.8) is 0 Å². The molecule has 0 saturated heterocycles. The summed E-state index contributed by atoms with van der Waals surface area (Å²) in [5.74, 6) is -0.813. The van der Waals surface area contributed by atoms with E-state index < -0.39 is 33.6 Å². The monoisotopic (exact) mass is 495 g/mol. The molecule has 3 aromatic rings. The first kappa shape index (κ1) is 24.7. The van der Waals surface area contributed by atoms with Crippen LogP contribution in [0.4, 0.5) is 5.69 Å². The summed E-state index contributed by atoms with van der Waals surface area (Å²) < 4.78 is 34.7. The van der Waals surface area contributed by atoms with Crippen molar-refractivity contribution in [3.05, 3.63) is 83.7 Å². The van der Waals surface area contributed by atoms with E-state index in [9.17, 15) is 18.3 Å². The van der Waals surface area contributed by atoms with Crippen LogP contribution in [0.1, 0.15) is 43.5 Å². The molecule has 0 spiro atoms. The second-order valence-electron chi connectivity index (χ2n) is 9.02. The topological polar surface area (TPSA) is 123 Å². The fraction of sp³-hybridized carbons (Fsp3) is 0.308. The molecule has 0 unspecified atom stereocenters. The van der Waals surface area contributed by atoms with Gasteiger partial charge in [0.05, 0.1) is 28.6 Å². The molecular formula is C26H29N3O5S. The van der Waals surface area contributed by atoms with Crippen LogP contribution in [-0.4, -0.2) is 42.7 Å². The van der Waals surface area contributed by atoms with Gasteiger partial charge >= 0.3 is 0 Å². The summed E-state index contributed by atoms with van der Waals surface area (Å²) in [6.45, 7) is 5.51. The Labute approximate surface area is 205 Å². The number of hydrogen-bond acceptors (Lipinski definition) is 6. The Morgan fingerprint density at radius 1 is 1.14 bits per heavy atom. The van der Waals surface area contributed by atoms with Crippen molar-refractivity contribution < 1.29 is 23.1 Å². The van der Waals surface area contributed by atoms with Crippen molar-refractivity contribution in [1.82, 2.24) is 4.98 Å². The van der Waals surface area contributed by atoms with E-state index in [4.69, 9.17) is 10.5 Å². The molecule has 0 aliphatic carbocycles. The Kier molecular flexibility index (Phi) is 6.57. The Hall–Kier alpha value is -3.43. The van der Waals surface area contributed by atoms with E-state index in [1.54, 1.807) is 69.4 Å². The van der Waals surface area contributed by atoms with Gasteiger partial charge in [0.15, 0.2) is 0 Å². The largest absolute Gasteiger partial charge is 0.485 e. The summed E-state index contributed by atoms with van der Waals surface area (Å²) in [6, 6.07) is 16.9. The van der Waals surface area contributed by atoms with Gasteiger partial charge in [0, 0.05) is 18.3 Å². The maximum Gasteiger partial charge on any atom is 0.264 e. The number of fused-ring (bicyclic) bond motifs is 1. The average Bonchev–Trinajstić information content (AvgIpc) is 2.81. The van der Waals surface area contributed by atoms with Gasteiger partial charge in [-0.2, -0.15) is 0 Å². The van der Waals surface area contributed by atoms with Crippen molar-refractivity contribution >= 4 is 21.6 Å². The average molecular weight is 496 g/mol. The molecule has 1 aromatic heterocycles. The molecule has 4 rings (SSSR count). The molecule has 0 fully saturated rings. The number of anilines is 1. The molecule has 1 aliphatic heterocycles. The highest BCUT2D eigenvalue weighted by Crippen LogP contribution is 2.45. The first-order valence-corrected chi connectivity index (χ1v) is 12.8. The highest BCUT2D eigenvalue weighted by Gasteiger charge is 2.45. The molecule has 0 radical (unpaired) electrons. The van der Waals surface area contributed by atoms with Crippen molar-refractivity contribution in [2.45, 2.75) is 49.7 Å². The second kappa shape index (κ2) is 9.31. The Balaban J connectivity index is 1.88. The molecule has 3 N–H and O–H groups in total. The van der Waals surface area contributed by atoms with Gasteiger partial charge in [0.1, 0.15) is 17.5 Å². The third-order valence-electron chi connectivity index (χ3n) is 6.22. The number of amides is 1. The number of carbonyl (C=O) groups excluding carboxylic acids is 1. The lowest BCUT2D eigenvalue weighted by Gasteiger charge is -2.42. The van der Waals surface area contributed by atoms with Crippen LogP contribution in [0, 0.1) is 0 Å². The van der Waals surface area contributed by atoms with Crippen LogP contribution in [0.2, 0.25) is 0 Å². The lowest BCUT2D eigenvalue weighted by atomic mass is 9.78. The van der Waals surface area contributed by atoms with E-state index in [0.29, 0.717) is 28.3 Å². The van der Waals surface area contributed by atoms with Gasteiger partial charge in [0.25, 0.3) is 10.0 Å². The van der Waals surface area contributed by atoms with Gasteiger partial charge < -0.3 is 15.6 Å². The summed E-state index contributed by atoms with van der Waals surface area (Å²) >= 11 is 0. The molecule has 2 aromatic carbocycles. The van der Waals surface area contributed by atoms with E-state index in [1.807, 2.05) is 6.07 Å². The van der Waals surface area contributed by atoms with Gasteiger partial charge in [-0.15, -0.1) is 0 Å². The number of nitrogens with zero attached hydrogens (tertiary/aromatic N) is 2. The van der Waals surface area contributed by atoms with Crippen LogP contribution < -0.4 is 14.8 Å². The zero-order valence-corrected chi connectivity index (χ0v) is 20.7. The van der Waals surface area contributed by atoms with Crippen LogP contribution in [0.15, 0.2) is 71.8 Å². The standard InChI is InChI=1S/C26H29N3O5S/c1-4-29(18-10-6-5-7-11-18)35(32,33)19-12-13-21-20(16-19)23(25(31)26(2,3)34-21)24-17(15-22(27)30)9-8-14-28-24/h5-14,16,23,25,31H,4,15H2,1-3H3,(H2,27,30)/t23-,25-/m0/s1. The van der Waals surface area contributed by atoms with Crippen molar-refractivity contribution in [3.8, 4) is 5.75 Å². The van der Waals surface area contributed by atoms with Gasteiger partial charge in [-0.05, 0) is 62.7 Å². The summed E-state index contributed by atoms with van der Waals surface area (Å²) in [5.41, 5.74) is 6.52. The number of ether oxygens (including phenoxy) is 1. The number of para-hydroxylation sites is 1. The quantitative estimate of drug-likeness (QED) is 0.520. The number of aromatic nitrogens is 1. The first-order chi connectivity index (χ1) is 16.6. The summed E-state index contributed by atoms with van der Waals surface area (Å²) in [6.07, 6.45) is 0.452. The molecule has 8 nitrogen and oxygen atoms in total. The summed E-state index contributed by atoms with van der Waals surface area (Å²) in [7, 11) is -3.92. The predicted octanol–water partition coefficient (Wildman–Crippen LogP) is 2.99. The normalized spacial score (nSPS) is 18.9. The third-order valence-corrected chi connectivity index (χ3v) is 8.12. The second-order valence-corrected chi connectivity index (χ2v) is 10.9. The number of hydrogen-bond donors (Lipinski definition) is 2. The minimum absolute atomic E-state index is 0.0569. The molecule has 1 amide bonds. The third kappa shape index (κ3) is 4.61. The minimum Gasteiger partial charge on any atom is -0.485 e. The van der Waals surface area contributed by atoms with E-state index in [2.05, 4.69) is 4.98 Å². The first-order valence-electron chi connectivity index (χ1n) is 11.4. The number of primary amides is 1. The maximum absolute atomic E-state index is 13.7. The Morgan fingerprint density at radius 3 is 2.51 bits per heavy atom. The highest BCUT2D eigenvalue weighted by molar-refractivity contribution is 7.92. The van der Waals surface area contributed by atoms with Gasteiger partial charge in [-0.3, -0.25) is 14.1 Å². The van der Waals surface area contributed by atoms with Crippen LogP contribution in [0.5, 0.6) is 5.75 Å². The smallest absolute Gasteiger partial charge is 0.264 e. The molecule has 184 valence electrons. The number of benzene rings is 2. The van der Waals surface area contributed by atoms with Gasteiger partial charge in [0.2, 0.25) is 5.91 Å². The van der Waals surface area contributed by atoms with E-state index in [0.717, 1.165) is 0 Å². The Bertz CT molecular complexity index is 1340. The highest BCUT2D eigenvalue weighted by atomic mass is 32.2. The number of rotatable bonds is 7. The van der Waals surface area contributed by atoms with E-state index >= 15 is 0 Å². The van der Waals surface area contributed by atoms with Gasteiger partial charge in [-0.1, -0.05) is 24.3 Å². The molecular weight excluding hydrogens is 466 g/mol. The Morgan fingerprint density at radius 2 is 1.86 bits per heavy atom. The lowest BCUT2D eigenvalue weighted by molar-refractivity contribution is -0.117. The number of aliphatic hydroxyl groups is 1. The van der Waals surface area contributed by atoms with Gasteiger partial charge in [-0.25, -0.2) is 8.42 Å². The fourth-order valence-electron chi connectivity index (χ4n) is 4.52. The van der Waals surface area contributed by atoms with Crippen molar-refractivity contribution in [2.24, 2.45) is 5.73 Å². The van der Waals surface area contributed by atoms with Crippen LogP contribution in [-0.2, 0) is 21.2 Å². The molecule has 2 atom stereocenters.